The summed E-state index contributed by atoms with van der Waals surface area (Å²) in [7, 11) is 0. The third-order valence-electron chi connectivity index (χ3n) is 5.18. The molecule has 0 amide bonds. The Morgan fingerprint density at radius 2 is 2.13 bits per heavy atom. The van der Waals surface area contributed by atoms with Gasteiger partial charge in [-0.15, -0.1) is 11.3 Å². The van der Waals surface area contributed by atoms with Crippen molar-refractivity contribution in [2.24, 2.45) is 0 Å². The van der Waals surface area contributed by atoms with Gasteiger partial charge in [0.2, 0.25) is 0 Å². The molecule has 9 heteroatoms. The normalized spacial score (nSPS) is 15.1. The number of thioether (sulfide) groups is 1. The standard InChI is InChI=1S/C21H25N3O4S2/c1-2-28-17(25)14-29-21-22-18-15-6-3-4-7-16(15)30-19(18)20(26)24(21)9-5-8-23-10-12-27-13-11-23/h3-4,6-7H,2,5,8-14H2,1H3/p+1. The van der Waals surface area contributed by atoms with Gasteiger partial charge in [-0.3, -0.25) is 14.2 Å². The highest BCUT2D eigenvalue weighted by molar-refractivity contribution is 7.99. The number of rotatable bonds is 8. The molecule has 160 valence electrons. The zero-order valence-corrected chi connectivity index (χ0v) is 18.7. The number of benzene rings is 1. The molecule has 30 heavy (non-hydrogen) atoms. The van der Waals surface area contributed by atoms with Gasteiger partial charge < -0.3 is 14.4 Å². The van der Waals surface area contributed by atoms with Gasteiger partial charge in [-0.1, -0.05) is 30.0 Å². The molecule has 1 fully saturated rings. The van der Waals surface area contributed by atoms with Crippen LogP contribution in [-0.2, 0) is 20.8 Å². The Labute approximate surface area is 183 Å². The summed E-state index contributed by atoms with van der Waals surface area (Å²) in [6.07, 6.45) is 0.875. The quantitative estimate of drug-likeness (QED) is 0.320. The second-order valence-corrected chi connectivity index (χ2v) is 9.18. The van der Waals surface area contributed by atoms with Crippen LogP contribution in [0.2, 0.25) is 0 Å². The molecule has 0 atom stereocenters. The van der Waals surface area contributed by atoms with Gasteiger partial charge in [0, 0.05) is 23.1 Å². The predicted octanol–water partition coefficient (Wildman–Crippen LogP) is 1.57. The first-order valence-electron chi connectivity index (χ1n) is 10.3. The summed E-state index contributed by atoms with van der Waals surface area (Å²) in [5.41, 5.74) is 0.701. The summed E-state index contributed by atoms with van der Waals surface area (Å²) in [6, 6.07) is 7.93. The molecule has 1 saturated heterocycles. The fraction of sp³-hybridized carbons (Fsp3) is 0.476. The number of nitrogens with one attached hydrogen (secondary N) is 1. The first-order valence-corrected chi connectivity index (χ1v) is 12.1. The summed E-state index contributed by atoms with van der Waals surface area (Å²) in [4.78, 5) is 31.6. The summed E-state index contributed by atoms with van der Waals surface area (Å²) >= 11 is 2.76. The van der Waals surface area contributed by atoms with E-state index >= 15 is 0 Å². The molecule has 0 aliphatic carbocycles. The summed E-state index contributed by atoms with van der Waals surface area (Å²) in [5, 5.41) is 1.57. The average Bonchev–Trinajstić information content (AvgIpc) is 3.14. The van der Waals surface area contributed by atoms with Crippen LogP contribution in [-0.4, -0.2) is 60.7 Å². The minimum atomic E-state index is -0.295. The van der Waals surface area contributed by atoms with Crippen LogP contribution in [0.1, 0.15) is 13.3 Å². The lowest BCUT2D eigenvalue weighted by molar-refractivity contribution is -0.908. The summed E-state index contributed by atoms with van der Waals surface area (Å²) in [6.45, 7) is 7.31. The number of morpholine rings is 1. The molecule has 2 aromatic heterocycles. The summed E-state index contributed by atoms with van der Waals surface area (Å²) < 4.78 is 13.9. The molecule has 1 aromatic carbocycles. The van der Waals surface area contributed by atoms with Crippen LogP contribution in [0.4, 0.5) is 0 Å². The van der Waals surface area contributed by atoms with Crippen molar-refractivity contribution >= 4 is 49.4 Å². The van der Waals surface area contributed by atoms with Crippen molar-refractivity contribution in [3.05, 3.63) is 34.6 Å². The van der Waals surface area contributed by atoms with Crippen LogP contribution in [0.25, 0.3) is 20.3 Å². The number of esters is 1. The van der Waals surface area contributed by atoms with Gasteiger partial charge in [0.05, 0.1) is 37.6 Å². The number of hydrogen-bond acceptors (Lipinski definition) is 7. The minimum absolute atomic E-state index is 0.0236. The van der Waals surface area contributed by atoms with Crippen LogP contribution < -0.4 is 10.5 Å². The highest BCUT2D eigenvalue weighted by Crippen LogP contribution is 2.31. The van der Waals surface area contributed by atoms with Gasteiger partial charge in [0.15, 0.2) is 5.16 Å². The van der Waals surface area contributed by atoms with Crippen molar-refractivity contribution in [3.8, 4) is 0 Å². The maximum absolute atomic E-state index is 13.3. The Hall–Kier alpha value is -1.94. The number of nitrogens with zero attached hydrogens (tertiary/aromatic N) is 2. The lowest BCUT2D eigenvalue weighted by atomic mass is 10.2. The number of ether oxygens (including phenoxy) is 2. The molecule has 0 radical (unpaired) electrons. The third kappa shape index (κ3) is 4.69. The van der Waals surface area contributed by atoms with Gasteiger partial charge in [-0.05, 0) is 13.0 Å². The van der Waals surface area contributed by atoms with Gasteiger partial charge in [-0.25, -0.2) is 4.98 Å². The van der Waals surface area contributed by atoms with Gasteiger partial charge in [0.1, 0.15) is 17.8 Å². The second-order valence-electron chi connectivity index (χ2n) is 7.19. The van der Waals surface area contributed by atoms with E-state index in [1.165, 1.54) is 28.0 Å². The molecule has 0 spiro atoms. The number of fused-ring (bicyclic) bond motifs is 3. The van der Waals surface area contributed by atoms with Crippen molar-refractivity contribution in [2.75, 3.05) is 45.2 Å². The Balaban J connectivity index is 1.63. The van der Waals surface area contributed by atoms with E-state index in [0.29, 0.717) is 23.0 Å². The molecule has 1 aliphatic heterocycles. The van der Waals surface area contributed by atoms with Crippen molar-refractivity contribution in [1.82, 2.24) is 9.55 Å². The molecule has 0 unspecified atom stereocenters. The number of thiophene rings is 1. The van der Waals surface area contributed by atoms with E-state index in [2.05, 4.69) is 0 Å². The zero-order chi connectivity index (χ0) is 20.9. The van der Waals surface area contributed by atoms with Gasteiger partial charge in [-0.2, -0.15) is 0 Å². The van der Waals surface area contributed by atoms with Crippen LogP contribution in [0, 0.1) is 0 Å². The number of carbonyl (C=O) groups excluding carboxylic acids is 1. The van der Waals surface area contributed by atoms with Gasteiger partial charge in [0.25, 0.3) is 5.56 Å². The molecular weight excluding hydrogens is 422 g/mol. The average molecular weight is 449 g/mol. The molecule has 1 N–H and O–H groups in total. The first-order chi connectivity index (χ1) is 14.7. The SMILES string of the molecule is CCOC(=O)CSc1nc2c(sc3ccccc32)c(=O)n1CCC[NH+]1CCOCC1. The Kier molecular flexibility index (Phi) is 7.04. The van der Waals surface area contributed by atoms with E-state index in [1.807, 2.05) is 24.3 Å². The fourth-order valence-electron chi connectivity index (χ4n) is 3.68. The maximum Gasteiger partial charge on any atom is 0.316 e. The molecule has 0 saturated carbocycles. The molecule has 3 aromatic rings. The van der Waals surface area contributed by atoms with E-state index in [4.69, 9.17) is 14.5 Å². The maximum atomic E-state index is 13.3. The molecular formula is C21H26N3O4S2+. The smallest absolute Gasteiger partial charge is 0.316 e. The second kappa shape index (κ2) is 9.91. The largest absolute Gasteiger partial charge is 0.465 e. The van der Waals surface area contributed by atoms with Crippen LogP contribution in [0.15, 0.2) is 34.2 Å². The third-order valence-corrected chi connectivity index (χ3v) is 7.28. The lowest BCUT2D eigenvalue weighted by Gasteiger charge is -2.23. The minimum Gasteiger partial charge on any atom is -0.465 e. The van der Waals surface area contributed by atoms with E-state index in [1.54, 1.807) is 11.5 Å². The Bertz CT molecular complexity index is 1090. The van der Waals surface area contributed by atoms with Crippen LogP contribution in [0.3, 0.4) is 0 Å². The van der Waals surface area contributed by atoms with E-state index < -0.39 is 0 Å². The van der Waals surface area contributed by atoms with Crippen molar-refractivity contribution in [1.29, 1.82) is 0 Å². The Morgan fingerprint density at radius 3 is 2.93 bits per heavy atom. The zero-order valence-electron chi connectivity index (χ0n) is 17.0. The van der Waals surface area contributed by atoms with Crippen molar-refractivity contribution in [3.63, 3.8) is 0 Å². The number of carbonyl (C=O) groups is 1. The lowest BCUT2D eigenvalue weighted by Crippen LogP contribution is -3.14. The van der Waals surface area contributed by atoms with E-state index in [0.717, 1.165) is 54.9 Å². The van der Waals surface area contributed by atoms with Crippen molar-refractivity contribution < 1.29 is 19.2 Å². The highest BCUT2D eigenvalue weighted by Gasteiger charge is 2.19. The fourth-order valence-corrected chi connectivity index (χ4v) is 5.59. The summed E-state index contributed by atoms with van der Waals surface area (Å²) in [5.74, 6) is -0.154. The van der Waals surface area contributed by atoms with Crippen LogP contribution in [0.5, 0.6) is 0 Å². The van der Waals surface area contributed by atoms with E-state index in [9.17, 15) is 9.59 Å². The molecule has 4 rings (SSSR count). The number of quaternary nitrogens is 1. The highest BCUT2D eigenvalue weighted by atomic mass is 32.2. The number of hydrogen-bond donors (Lipinski definition) is 1. The molecule has 0 bridgehead atoms. The topological polar surface area (TPSA) is 74.9 Å². The first kappa shape index (κ1) is 21.3. The molecule has 3 heterocycles. The Morgan fingerprint density at radius 1 is 1.33 bits per heavy atom. The van der Waals surface area contributed by atoms with Crippen molar-refractivity contribution in [2.45, 2.75) is 25.0 Å². The van der Waals surface area contributed by atoms with E-state index in [-0.39, 0.29) is 17.3 Å². The predicted molar refractivity (Wildman–Crippen MR) is 120 cm³/mol. The monoisotopic (exact) mass is 448 g/mol. The number of aromatic nitrogens is 2. The van der Waals surface area contributed by atoms with Crippen LogP contribution >= 0.6 is 23.1 Å². The molecule has 1 aliphatic rings. The van der Waals surface area contributed by atoms with Gasteiger partial charge >= 0.3 is 5.97 Å². The molecule has 7 nitrogen and oxygen atoms in total.